The molecule has 0 saturated heterocycles. The maximum atomic E-state index is 9.77. The first-order valence-electron chi connectivity index (χ1n) is 8.25. The standard InChI is InChI=1S/C18H29BrO2/c1-3-4-5-6-7-8-9-10-13-21-18-12-11-16(19)14-17(18)15(2)20/h11-12,14-15,20H,3-10,13H2,1-2H3/t15-/m0/s1. The fourth-order valence-electron chi connectivity index (χ4n) is 2.40. The zero-order valence-electron chi connectivity index (χ0n) is 13.4. The van der Waals surface area contributed by atoms with Crippen LogP contribution in [-0.4, -0.2) is 11.7 Å². The monoisotopic (exact) mass is 356 g/mol. The molecule has 3 heteroatoms. The van der Waals surface area contributed by atoms with Crippen molar-refractivity contribution in [2.45, 2.75) is 71.3 Å². The predicted molar refractivity (Wildman–Crippen MR) is 92.9 cm³/mol. The molecule has 120 valence electrons. The van der Waals surface area contributed by atoms with Crippen molar-refractivity contribution in [1.82, 2.24) is 0 Å². The molecule has 1 rings (SSSR count). The number of aliphatic hydroxyl groups is 1. The summed E-state index contributed by atoms with van der Waals surface area (Å²) < 4.78 is 6.79. The van der Waals surface area contributed by atoms with Crippen molar-refractivity contribution < 1.29 is 9.84 Å². The van der Waals surface area contributed by atoms with E-state index in [-0.39, 0.29) is 0 Å². The van der Waals surface area contributed by atoms with Gasteiger partial charge < -0.3 is 9.84 Å². The molecular weight excluding hydrogens is 328 g/mol. The van der Waals surface area contributed by atoms with Gasteiger partial charge in [0.2, 0.25) is 0 Å². The minimum Gasteiger partial charge on any atom is -0.493 e. The van der Waals surface area contributed by atoms with Gasteiger partial charge in [0.1, 0.15) is 5.75 Å². The van der Waals surface area contributed by atoms with Crippen LogP contribution in [0.3, 0.4) is 0 Å². The smallest absolute Gasteiger partial charge is 0.125 e. The summed E-state index contributed by atoms with van der Waals surface area (Å²) in [6, 6.07) is 5.81. The number of unbranched alkanes of at least 4 members (excludes halogenated alkanes) is 7. The zero-order valence-corrected chi connectivity index (χ0v) is 15.0. The highest BCUT2D eigenvalue weighted by molar-refractivity contribution is 9.10. The van der Waals surface area contributed by atoms with E-state index in [4.69, 9.17) is 4.74 Å². The molecule has 0 spiro atoms. The topological polar surface area (TPSA) is 29.5 Å². The van der Waals surface area contributed by atoms with Gasteiger partial charge >= 0.3 is 0 Å². The molecule has 21 heavy (non-hydrogen) atoms. The average molecular weight is 357 g/mol. The third-order valence-corrected chi connectivity index (χ3v) is 4.17. The van der Waals surface area contributed by atoms with Crippen molar-refractivity contribution >= 4 is 15.9 Å². The summed E-state index contributed by atoms with van der Waals surface area (Å²) in [5.41, 5.74) is 0.851. The molecule has 1 atom stereocenters. The van der Waals surface area contributed by atoms with Gasteiger partial charge in [-0.15, -0.1) is 0 Å². The molecule has 0 unspecified atom stereocenters. The first kappa shape index (κ1) is 18.5. The fourth-order valence-corrected chi connectivity index (χ4v) is 2.77. The molecule has 0 bridgehead atoms. The van der Waals surface area contributed by atoms with Crippen LogP contribution in [0.5, 0.6) is 5.75 Å². The van der Waals surface area contributed by atoms with Gasteiger partial charge in [0.05, 0.1) is 12.7 Å². The van der Waals surface area contributed by atoms with Crippen LogP contribution in [0.4, 0.5) is 0 Å². The van der Waals surface area contributed by atoms with Crippen molar-refractivity contribution in [2.24, 2.45) is 0 Å². The summed E-state index contributed by atoms with van der Waals surface area (Å²) in [5.74, 6) is 0.802. The molecule has 1 aromatic rings. The Morgan fingerprint density at radius 3 is 2.29 bits per heavy atom. The van der Waals surface area contributed by atoms with E-state index in [0.29, 0.717) is 0 Å². The fraction of sp³-hybridized carbons (Fsp3) is 0.667. The Morgan fingerprint density at radius 1 is 1.05 bits per heavy atom. The second kappa shape index (κ2) is 11.1. The van der Waals surface area contributed by atoms with E-state index in [1.807, 2.05) is 18.2 Å². The van der Waals surface area contributed by atoms with Gasteiger partial charge in [-0.3, -0.25) is 0 Å². The average Bonchev–Trinajstić information content (AvgIpc) is 2.46. The Bertz CT molecular complexity index is 391. The number of ether oxygens (including phenoxy) is 1. The molecule has 0 aliphatic carbocycles. The molecular formula is C18H29BrO2. The third kappa shape index (κ3) is 7.87. The van der Waals surface area contributed by atoms with Gasteiger partial charge in [0.25, 0.3) is 0 Å². The Morgan fingerprint density at radius 2 is 1.67 bits per heavy atom. The van der Waals surface area contributed by atoms with Gasteiger partial charge in [-0.25, -0.2) is 0 Å². The van der Waals surface area contributed by atoms with Gasteiger partial charge in [-0.2, -0.15) is 0 Å². The molecule has 0 aliphatic rings. The summed E-state index contributed by atoms with van der Waals surface area (Å²) >= 11 is 3.43. The molecule has 0 heterocycles. The molecule has 0 aliphatic heterocycles. The molecule has 0 radical (unpaired) electrons. The second-order valence-electron chi connectivity index (χ2n) is 5.68. The van der Waals surface area contributed by atoms with Crippen molar-refractivity contribution in [3.63, 3.8) is 0 Å². The van der Waals surface area contributed by atoms with Crippen LogP contribution < -0.4 is 4.74 Å². The highest BCUT2D eigenvalue weighted by atomic mass is 79.9. The van der Waals surface area contributed by atoms with Crippen molar-refractivity contribution in [3.8, 4) is 5.75 Å². The Labute approximate surface area is 138 Å². The summed E-state index contributed by atoms with van der Waals surface area (Å²) in [6.45, 7) is 4.75. The first-order chi connectivity index (χ1) is 10.1. The van der Waals surface area contributed by atoms with Gasteiger partial charge in [0, 0.05) is 10.0 Å². The summed E-state index contributed by atoms with van der Waals surface area (Å²) in [4.78, 5) is 0. The van der Waals surface area contributed by atoms with E-state index in [2.05, 4.69) is 22.9 Å². The summed E-state index contributed by atoms with van der Waals surface area (Å²) in [7, 11) is 0. The van der Waals surface area contributed by atoms with Crippen LogP contribution >= 0.6 is 15.9 Å². The Balaban J connectivity index is 2.18. The van der Waals surface area contributed by atoms with Crippen LogP contribution in [-0.2, 0) is 0 Å². The zero-order chi connectivity index (χ0) is 15.5. The lowest BCUT2D eigenvalue weighted by Gasteiger charge is -2.14. The van der Waals surface area contributed by atoms with E-state index in [9.17, 15) is 5.11 Å². The molecule has 1 N–H and O–H groups in total. The molecule has 0 fully saturated rings. The number of hydrogen-bond acceptors (Lipinski definition) is 2. The SMILES string of the molecule is CCCCCCCCCCOc1ccc(Br)cc1[C@H](C)O. The molecule has 0 amide bonds. The number of aliphatic hydroxyl groups excluding tert-OH is 1. The number of halogens is 1. The van der Waals surface area contributed by atoms with E-state index in [0.717, 1.165) is 28.8 Å². The van der Waals surface area contributed by atoms with Crippen LogP contribution in [0.1, 0.15) is 76.9 Å². The highest BCUT2D eigenvalue weighted by Gasteiger charge is 2.09. The quantitative estimate of drug-likeness (QED) is 0.491. The largest absolute Gasteiger partial charge is 0.493 e. The molecule has 1 aromatic carbocycles. The second-order valence-corrected chi connectivity index (χ2v) is 6.60. The van der Waals surface area contributed by atoms with Gasteiger partial charge in [-0.1, -0.05) is 67.8 Å². The van der Waals surface area contributed by atoms with E-state index < -0.39 is 6.10 Å². The maximum absolute atomic E-state index is 9.77. The minimum atomic E-state index is -0.504. The van der Waals surface area contributed by atoms with Gasteiger partial charge in [0.15, 0.2) is 0 Å². The predicted octanol–water partition coefficient (Wildman–Crippen LogP) is 6.02. The lowest BCUT2D eigenvalue weighted by molar-refractivity contribution is 0.190. The highest BCUT2D eigenvalue weighted by Crippen LogP contribution is 2.28. The first-order valence-corrected chi connectivity index (χ1v) is 9.04. The van der Waals surface area contributed by atoms with Crippen molar-refractivity contribution in [1.29, 1.82) is 0 Å². The van der Waals surface area contributed by atoms with Crippen molar-refractivity contribution in [3.05, 3.63) is 28.2 Å². The number of hydrogen-bond donors (Lipinski definition) is 1. The Kier molecular flexibility index (Phi) is 9.77. The third-order valence-electron chi connectivity index (χ3n) is 3.68. The van der Waals surface area contributed by atoms with E-state index in [1.54, 1.807) is 6.92 Å². The Hall–Kier alpha value is -0.540. The number of benzene rings is 1. The summed E-state index contributed by atoms with van der Waals surface area (Å²) in [5, 5.41) is 9.77. The lowest BCUT2D eigenvalue weighted by Crippen LogP contribution is -2.02. The van der Waals surface area contributed by atoms with Gasteiger partial charge in [-0.05, 0) is 31.5 Å². The van der Waals surface area contributed by atoms with Crippen LogP contribution in [0.15, 0.2) is 22.7 Å². The molecule has 0 saturated carbocycles. The van der Waals surface area contributed by atoms with Crippen LogP contribution in [0.25, 0.3) is 0 Å². The maximum Gasteiger partial charge on any atom is 0.125 e. The van der Waals surface area contributed by atoms with Crippen LogP contribution in [0, 0.1) is 0 Å². The molecule has 2 nitrogen and oxygen atoms in total. The van der Waals surface area contributed by atoms with E-state index in [1.165, 1.54) is 44.9 Å². The molecule has 0 aromatic heterocycles. The number of rotatable bonds is 11. The minimum absolute atomic E-state index is 0.504. The van der Waals surface area contributed by atoms with Crippen molar-refractivity contribution in [2.75, 3.05) is 6.61 Å². The van der Waals surface area contributed by atoms with Crippen LogP contribution in [0.2, 0.25) is 0 Å². The normalized spacial score (nSPS) is 12.4. The lowest BCUT2D eigenvalue weighted by atomic mass is 10.1. The summed E-state index contributed by atoms with van der Waals surface area (Å²) in [6.07, 6.45) is 9.89. The van der Waals surface area contributed by atoms with E-state index >= 15 is 0 Å².